The van der Waals surface area contributed by atoms with Gasteiger partial charge in [0, 0.05) is 37.5 Å². The molecule has 2 heterocycles. The standard InChI is InChI=1S/C32H36F2N6O.C3H8.C2H6/c1-7-20(3)15-35-27-14-25(11-9-21(27)4)41-28-12-10-24(13-22(28)5)39-30-29(26(8-2)36-19-37-30)38-23(6)40-17-31(18-40)16-32(31,33)34;1-3-2;1-2/h8-15,19-20H,6-7,16-18H2,1-5H3,(H,36,37,39);3H2,1-2H3;1-2H3/b26-8+,35-15?,38-29+;;. The van der Waals surface area contributed by atoms with Gasteiger partial charge in [-0.15, -0.1) is 0 Å². The van der Waals surface area contributed by atoms with E-state index in [4.69, 9.17) is 4.74 Å². The Kier molecular flexibility index (Phi) is 12.6. The van der Waals surface area contributed by atoms with Gasteiger partial charge in [-0.3, -0.25) is 4.99 Å². The van der Waals surface area contributed by atoms with Gasteiger partial charge in [0.1, 0.15) is 29.4 Å². The topological polar surface area (TPSA) is 73.9 Å². The van der Waals surface area contributed by atoms with Crippen molar-refractivity contribution in [2.75, 3.05) is 18.4 Å². The third-order valence-electron chi connectivity index (χ3n) is 7.89. The fourth-order valence-electron chi connectivity index (χ4n) is 4.81. The fraction of sp³-hybridized carbons (Fsp3) is 0.459. The molecule has 7 nitrogen and oxygen atoms in total. The number of alkyl halides is 2. The minimum atomic E-state index is -2.58. The number of amidine groups is 1. The average molecular weight is 633 g/mol. The summed E-state index contributed by atoms with van der Waals surface area (Å²) in [7, 11) is 0. The first-order valence-electron chi connectivity index (χ1n) is 16.3. The van der Waals surface area contributed by atoms with Crippen molar-refractivity contribution in [1.29, 1.82) is 0 Å². The molecule has 2 aliphatic heterocycles. The molecule has 2 fully saturated rings. The van der Waals surface area contributed by atoms with Gasteiger partial charge in [0.05, 0.1) is 16.8 Å². The first kappa shape index (κ1) is 36.3. The summed E-state index contributed by atoms with van der Waals surface area (Å²) < 4.78 is 33.6. The van der Waals surface area contributed by atoms with Gasteiger partial charge in [0.25, 0.3) is 5.92 Å². The van der Waals surface area contributed by atoms with Crippen molar-refractivity contribution in [3.8, 4) is 11.5 Å². The fourth-order valence-corrected chi connectivity index (χ4v) is 4.81. The second-order valence-electron chi connectivity index (χ2n) is 11.8. The number of benzene rings is 2. The van der Waals surface area contributed by atoms with Gasteiger partial charge in [-0.2, -0.15) is 0 Å². The molecule has 5 rings (SSSR count). The number of anilines is 1. The van der Waals surface area contributed by atoms with Crippen LogP contribution >= 0.6 is 0 Å². The first-order chi connectivity index (χ1) is 22.0. The normalized spacial score (nSPS) is 19.5. The molecule has 0 amide bonds. The number of nitrogens with one attached hydrogen (secondary N) is 1. The van der Waals surface area contributed by atoms with E-state index in [0.29, 0.717) is 34.7 Å². The number of halogens is 2. The van der Waals surface area contributed by atoms with E-state index in [9.17, 15) is 8.78 Å². The Morgan fingerprint density at radius 1 is 1.11 bits per heavy atom. The summed E-state index contributed by atoms with van der Waals surface area (Å²) in [5, 5.41) is 3.33. The molecule has 0 radical (unpaired) electrons. The largest absolute Gasteiger partial charge is 0.457 e. The molecule has 2 aromatic rings. The van der Waals surface area contributed by atoms with Gasteiger partial charge < -0.3 is 15.0 Å². The number of likely N-dealkylation sites (tertiary alicyclic amines) is 1. The second kappa shape index (κ2) is 15.9. The molecule has 2 aromatic carbocycles. The highest BCUT2D eigenvalue weighted by Crippen LogP contribution is 2.65. The molecule has 0 bridgehead atoms. The predicted molar refractivity (Wildman–Crippen MR) is 191 cm³/mol. The van der Waals surface area contributed by atoms with Crippen LogP contribution in [0.2, 0.25) is 0 Å². The third-order valence-corrected chi connectivity index (χ3v) is 7.89. The lowest BCUT2D eigenvalue weighted by Gasteiger charge is -2.41. The summed E-state index contributed by atoms with van der Waals surface area (Å²) in [6, 6.07) is 11.7. The van der Waals surface area contributed by atoms with Gasteiger partial charge in [0.15, 0.2) is 5.84 Å². The Morgan fingerprint density at radius 2 is 1.78 bits per heavy atom. The zero-order chi connectivity index (χ0) is 34.1. The van der Waals surface area contributed by atoms with Crippen molar-refractivity contribution in [3.63, 3.8) is 0 Å². The van der Waals surface area contributed by atoms with Gasteiger partial charge in [0.2, 0.25) is 0 Å². The van der Waals surface area contributed by atoms with Crippen LogP contribution in [0.25, 0.3) is 0 Å². The molecule has 46 heavy (non-hydrogen) atoms. The minimum Gasteiger partial charge on any atom is -0.457 e. The van der Waals surface area contributed by atoms with Crippen LogP contribution in [0.5, 0.6) is 11.5 Å². The summed E-state index contributed by atoms with van der Waals surface area (Å²) in [5.41, 5.74) is 3.93. The minimum absolute atomic E-state index is 0.0602. The van der Waals surface area contributed by atoms with Crippen molar-refractivity contribution >= 4 is 35.5 Å². The molecule has 1 spiro atoms. The van der Waals surface area contributed by atoms with Crippen molar-refractivity contribution in [2.45, 2.75) is 87.5 Å². The molecule has 1 saturated heterocycles. The maximum absolute atomic E-state index is 13.7. The van der Waals surface area contributed by atoms with E-state index in [0.717, 1.165) is 34.7 Å². The van der Waals surface area contributed by atoms with Crippen LogP contribution in [0, 0.1) is 25.2 Å². The molecule has 3 aliphatic rings. The lowest BCUT2D eigenvalue weighted by molar-refractivity contribution is -0.00853. The first-order valence-corrected chi connectivity index (χ1v) is 16.3. The van der Waals surface area contributed by atoms with E-state index < -0.39 is 11.3 Å². The quantitative estimate of drug-likeness (QED) is 0.294. The van der Waals surface area contributed by atoms with E-state index in [2.05, 4.69) is 59.6 Å². The molecule has 1 unspecified atom stereocenters. The predicted octanol–water partition coefficient (Wildman–Crippen LogP) is 10.3. The highest BCUT2D eigenvalue weighted by Gasteiger charge is 2.76. The number of aryl methyl sites for hydroxylation is 2. The van der Waals surface area contributed by atoms with Crippen molar-refractivity contribution < 1.29 is 13.5 Å². The summed E-state index contributed by atoms with van der Waals surface area (Å²) in [5.74, 6) is 0.189. The summed E-state index contributed by atoms with van der Waals surface area (Å²) in [6.45, 7) is 23.0. The van der Waals surface area contributed by atoms with Gasteiger partial charge >= 0.3 is 0 Å². The van der Waals surface area contributed by atoms with Gasteiger partial charge in [-0.1, -0.05) is 66.7 Å². The Morgan fingerprint density at radius 3 is 2.37 bits per heavy atom. The molecule has 248 valence electrons. The SMILES string of the molecule is C=C(/N=C1/C(Nc2ccc(Oc3ccc(C)c(N=CC(C)CC)c3)c(C)c2)=NC=N/C1=C/C)N1CC2(C1)CC2(F)F.CC.CCC. The maximum atomic E-state index is 13.7. The van der Waals surface area contributed by atoms with Gasteiger partial charge in [-0.25, -0.2) is 23.8 Å². The molecule has 1 N–H and O–H groups in total. The summed E-state index contributed by atoms with van der Waals surface area (Å²) >= 11 is 0. The Bertz CT molecular complexity index is 1530. The van der Waals surface area contributed by atoms with Crippen LogP contribution in [-0.2, 0) is 0 Å². The highest BCUT2D eigenvalue weighted by molar-refractivity contribution is 6.52. The van der Waals surface area contributed by atoms with Crippen molar-refractivity contribution in [2.24, 2.45) is 31.3 Å². The van der Waals surface area contributed by atoms with Crippen LogP contribution < -0.4 is 10.1 Å². The van der Waals surface area contributed by atoms with Crippen LogP contribution in [0.1, 0.15) is 78.9 Å². The number of nitrogens with zero attached hydrogens (tertiary/aromatic N) is 5. The molecule has 1 aliphatic carbocycles. The maximum Gasteiger partial charge on any atom is 0.258 e. The number of rotatable bonds is 8. The zero-order valence-electron chi connectivity index (χ0n) is 28.9. The lowest BCUT2D eigenvalue weighted by atomic mass is 9.96. The lowest BCUT2D eigenvalue weighted by Crippen LogP contribution is -2.50. The second-order valence-corrected chi connectivity index (χ2v) is 11.8. The zero-order valence-corrected chi connectivity index (χ0v) is 28.9. The van der Waals surface area contributed by atoms with E-state index in [1.807, 2.05) is 83.3 Å². The van der Waals surface area contributed by atoms with Crippen LogP contribution in [-0.4, -0.2) is 48.0 Å². The number of ether oxygens (including phenoxy) is 1. The van der Waals surface area contributed by atoms with Crippen LogP contribution in [0.3, 0.4) is 0 Å². The number of hydrogen-bond donors (Lipinski definition) is 1. The van der Waals surface area contributed by atoms with E-state index in [1.54, 1.807) is 4.90 Å². The van der Waals surface area contributed by atoms with E-state index >= 15 is 0 Å². The number of hydrogen-bond acceptors (Lipinski definition) is 7. The molecule has 1 atom stereocenters. The smallest absolute Gasteiger partial charge is 0.258 e. The van der Waals surface area contributed by atoms with Crippen molar-refractivity contribution in [3.05, 3.63) is 71.7 Å². The van der Waals surface area contributed by atoms with Crippen molar-refractivity contribution in [1.82, 2.24) is 4.90 Å². The average Bonchev–Trinajstić information content (AvgIpc) is 3.62. The Hall–Kier alpha value is -4.14. The van der Waals surface area contributed by atoms with Crippen LogP contribution in [0.15, 0.2) is 80.5 Å². The third kappa shape index (κ3) is 8.56. The highest BCUT2D eigenvalue weighted by atomic mass is 19.3. The molecule has 0 aromatic heterocycles. The molecule has 1 saturated carbocycles. The molecule has 9 heteroatoms. The number of aliphatic imine (C=N–C) groups is 4. The summed E-state index contributed by atoms with van der Waals surface area (Å²) in [6.07, 6.45) is 7.50. The van der Waals surface area contributed by atoms with E-state index in [-0.39, 0.29) is 19.5 Å². The van der Waals surface area contributed by atoms with Crippen LogP contribution in [0.4, 0.5) is 20.2 Å². The molecular weight excluding hydrogens is 582 g/mol. The molecular formula is C37H50F2N6O. The summed E-state index contributed by atoms with van der Waals surface area (Å²) in [4.78, 5) is 19.8. The van der Waals surface area contributed by atoms with Gasteiger partial charge in [-0.05, 0) is 68.5 Å². The monoisotopic (exact) mass is 632 g/mol. The van der Waals surface area contributed by atoms with E-state index in [1.165, 1.54) is 12.8 Å². The number of allylic oxidation sites excluding steroid dienone is 1. The Labute approximate surface area is 274 Å². The Balaban J connectivity index is 0.00000109.